The normalized spacial score (nSPS) is 15.1. The average molecular weight is 450 g/mol. The van der Waals surface area contributed by atoms with Crippen molar-refractivity contribution in [3.63, 3.8) is 0 Å². The molecule has 2 aromatic heterocycles. The third-order valence-corrected chi connectivity index (χ3v) is 6.97. The van der Waals surface area contributed by atoms with E-state index in [0.717, 1.165) is 30.7 Å². The Hall–Kier alpha value is -2.72. The predicted molar refractivity (Wildman–Crippen MR) is 109 cm³/mol. The van der Waals surface area contributed by atoms with Crippen LogP contribution in [0.15, 0.2) is 53.9 Å². The maximum atomic E-state index is 12.8. The molecule has 1 saturated carbocycles. The van der Waals surface area contributed by atoms with Crippen molar-refractivity contribution in [1.29, 1.82) is 0 Å². The van der Waals surface area contributed by atoms with Gasteiger partial charge in [0.2, 0.25) is 10.0 Å². The first-order valence-corrected chi connectivity index (χ1v) is 11.3. The third-order valence-electron chi connectivity index (χ3n) is 5.56. The lowest BCUT2D eigenvalue weighted by molar-refractivity contribution is -0.137. The second kappa shape index (κ2) is 8.08. The zero-order valence-electron chi connectivity index (χ0n) is 16.7. The minimum atomic E-state index is -4.45. The summed E-state index contributed by atoms with van der Waals surface area (Å²) in [4.78, 5) is 8.50. The number of nitrogens with one attached hydrogen (secondary N) is 1. The van der Waals surface area contributed by atoms with Crippen LogP contribution in [-0.2, 0) is 22.6 Å². The summed E-state index contributed by atoms with van der Waals surface area (Å²) >= 11 is 0. The van der Waals surface area contributed by atoms with Crippen molar-refractivity contribution in [1.82, 2.24) is 19.3 Å². The second-order valence-electron chi connectivity index (χ2n) is 7.53. The monoisotopic (exact) mass is 450 g/mol. The lowest BCUT2D eigenvalue weighted by atomic mass is 9.93. The van der Waals surface area contributed by atoms with Crippen LogP contribution in [0.5, 0.6) is 0 Å². The standard InChI is InChI=1S/C21H21F3N4O2S/c1-25-31(29,30)18-8-5-14(9-16-7-6-15(11-26-16)21(22,23)24)19(10-18)20-12-28(13-27-20)17-3-2-4-17/h5-8,10-13,17,25H,2-4,9H2,1H3. The van der Waals surface area contributed by atoms with Gasteiger partial charge in [0.25, 0.3) is 0 Å². The molecule has 0 aliphatic heterocycles. The summed E-state index contributed by atoms with van der Waals surface area (Å²) in [6.07, 6.45) is 3.53. The van der Waals surface area contributed by atoms with Crippen LogP contribution in [0, 0.1) is 0 Å². The molecule has 0 amide bonds. The van der Waals surface area contributed by atoms with E-state index in [-0.39, 0.29) is 11.3 Å². The number of rotatable bonds is 6. The molecule has 2 heterocycles. The van der Waals surface area contributed by atoms with Crippen molar-refractivity contribution < 1.29 is 21.6 Å². The highest BCUT2D eigenvalue weighted by molar-refractivity contribution is 7.89. The van der Waals surface area contributed by atoms with E-state index in [1.165, 1.54) is 25.6 Å². The maximum Gasteiger partial charge on any atom is 0.417 e. The Labute approximate surface area is 178 Å². The van der Waals surface area contributed by atoms with Gasteiger partial charge in [-0.25, -0.2) is 18.1 Å². The summed E-state index contributed by atoms with van der Waals surface area (Å²) in [6, 6.07) is 7.38. The van der Waals surface area contributed by atoms with E-state index in [2.05, 4.69) is 14.7 Å². The van der Waals surface area contributed by atoms with Gasteiger partial charge in [-0.2, -0.15) is 13.2 Å². The molecular formula is C21H21F3N4O2S. The van der Waals surface area contributed by atoms with Crippen molar-refractivity contribution in [2.24, 2.45) is 0 Å². The van der Waals surface area contributed by atoms with Gasteiger partial charge >= 0.3 is 6.18 Å². The van der Waals surface area contributed by atoms with E-state index in [1.54, 1.807) is 18.5 Å². The van der Waals surface area contributed by atoms with Crippen LogP contribution in [0.4, 0.5) is 13.2 Å². The summed E-state index contributed by atoms with van der Waals surface area (Å²) in [6.45, 7) is 0. The summed E-state index contributed by atoms with van der Waals surface area (Å²) in [7, 11) is -2.33. The fraction of sp³-hybridized carbons (Fsp3) is 0.333. The number of halogens is 3. The molecule has 1 fully saturated rings. The van der Waals surface area contributed by atoms with Crippen LogP contribution < -0.4 is 4.72 Å². The molecule has 31 heavy (non-hydrogen) atoms. The molecule has 0 unspecified atom stereocenters. The Kier molecular flexibility index (Phi) is 5.61. The minimum absolute atomic E-state index is 0.0901. The Balaban J connectivity index is 1.72. The van der Waals surface area contributed by atoms with E-state index < -0.39 is 21.8 Å². The highest BCUT2D eigenvalue weighted by atomic mass is 32.2. The molecule has 1 aromatic carbocycles. The smallest absolute Gasteiger partial charge is 0.334 e. The lowest BCUT2D eigenvalue weighted by Gasteiger charge is -2.26. The predicted octanol–water partition coefficient (Wildman–Crippen LogP) is 4.19. The van der Waals surface area contributed by atoms with Crippen LogP contribution in [0.1, 0.15) is 42.1 Å². The molecule has 1 aliphatic carbocycles. The van der Waals surface area contributed by atoms with Gasteiger partial charge in [0, 0.05) is 36.1 Å². The fourth-order valence-corrected chi connectivity index (χ4v) is 4.24. The molecule has 164 valence electrons. The van der Waals surface area contributed by atoms with Gasteiger partial charge in [0.05, 0.1) is 22.5 Å². The minimum Gasteiger partial charge on any atom is -0.334 e. The number of hydrogen-bond acceptors (Lipinski definition) is 4. The molecule has 0 atom stereocenters. The average Bonchev–Trinajstić information content (AvgIpc) is 3.15. The first-order chi connectivity index (χ1) is 14.7. The van der Waals surface area contributed by atoms with Crippen molar-refractivity contribution in [2.75, 3.05) is 7.05 Å². The van der Waals surface area contributed by atoms with Gasteiger partial charge in [-0.15, -0.1) is 0 Å². The van der Waals surface area contributed by atoms with Crippen molar-refractivity contribution in [2.45, 2.75) is 42.8 Å². The molecule has 4 rings (SSSR count). The lowest BCUT2D eigenvalue weighted by Crippen LogP contribution is -2.18. The number of pyridine rings is 1. The van der Waals surface area contributed by atoms with E-state index in [9.17, 15) is 21.6 Å². The van der Waals surface area contributed by atoms with Crippen LogP contribution in [0.2, 0.25) is 0 Å². The van der Waals surface area contributed by atoms with Gasteiger partial charge in [0.15, 0.2) is 0 Å². The van der Waals surface area contributed by atoms with Crippen LogP contribution >= 0.6 is 0 Å². The molecule has 0 spiro atoms. The Morgan fingerprint density at radius 3 is 2.52 bits per heavy atom. The highest BCUT2D eigenvalue weighted by Crippen LogP contribution is 2.34. The molecule has 0 bridgehead atoms. The van der Waals surface area contributed by atoms with Crippen LogP contribution in [0.25, 0.3) is 11.3 Å². The summed E-state index contributed by atoms with van der Waals surface area (Å²) in [5, 5.41) is 0. The van der Waals surface area contributed by atoms with Gasteiger partial charge in [-0.3, -0.25) is 4.98 Å². The van der Waals surface area contributed by atoms with Crippen molar-refractivity contribution >= 4 is 10.0 Å². The van der Waals surface area contributed by atoms with Crippen molar-refractivity contribution in [3.05, 3.63) is 65.9 Å². The van der Waals surface area contributed by atoms with Gasteiger partial charge in [-0.05, 0) is 56.1 Å². The number of nitrogens with zero attached hydrogens (tertiary/aromatic N) is 3. The number of imidazole rings is 1. The summed E-state index contributed by atoms with van der Waals surface area (Å²) in [5.74, 6) is 0. The largest absolute Gasteiger partial charge is 0.417 e. The number of sulfonamides is 1. The molecule has 0 saturated heterocycles. The molecule has 10 heteroatoms. The Morgan fingerprint density at radius 2 is 1.94 bits per heavy atom. The number of alkyl halides is 3. The molecule has 0 radical (unpaired) electrons. The van der Waals surface area contributed by atoms with E-state index in [0.29, 0.717) is 23.0 Å². The zero-order chi connectivity index (χ0) is 22.2. The molecule has 3 aromatic rings. The highest BCUT2D eigenvalue weighted by Gasteiger charge is 2.30. The molecule has 1 N–H and O–H groups in total. The number of hydrogen-bond donors (Lipinski definition) is 1. The van der Waals surface area contributed by atoms with Gasteiger partial charge < -0.3 is 4.57 Å². The zero-order valence-corrected chi connectivity index (χ0v) is 17.5. The number of aromatic nitrogens is 3. The molecule has 6 nitrogen and oxygen atoms in total. The fourth-order valence-electron chi connectivity index (χ4n) is 3.49. The van der Waals surface area contributed by atoms with Crippen LogP contribution in [0.3, 0.4) is 0 Å². The topological polar surface area (TPSA) is 76.9 Å². The summed E-state index contributed by atoms with van der Waals surface area (Å²) < 4.78 is 67.3. The van der Waals surface area contributed by atoms with Crippen LogP contribution in [-0.4, -0.2) is 30.0 Å². The second-order valence-corrected chi connectivity index (χ2v) is 9.42. The maximum absolute atomic E-state index is 12.8. The SMILES string of the molecule is CNS(=O)(=O)c1ccc(Cc2ccc(C(F)(F)F)cn2)c(-c2cn(C3CCC3)cn2)c1. The first-order valence-electron chi connectivity index (χ1n) is 9.80. The van der Waals surface area contributed by atoms with Crippen molar-refractivity contribution in [3.8, 4) is 11.3 Å². The van der Waals surface area contributed by atoms with Gasteiger partial charge in [0.1, 0.15) is 0 Å². The Bertz CT molecular complexity index is 1180. The first kappa shape index (κ1) is 21.5. The molecular weight excluding hydrogens is 429 g/mol. The quantitative estimate of drug-likeness (QED) is 0.611. The van der Waals surface area contributed by atoms with E-state index in [4.69, 9.17) is 0 Å². The molecule has 1 aliphatic rings. The summed E-state index contributed by atoms with van der Waals surface area (Å²) in [5.41, 5.74) is 1.57. The Morgan fingerprint density at radius 1 is 1.16 bits per heavy atom. The van der Waals surface area contributed by atoms with E-state index >= 15 is 0 Å². The van der Waals surface area contributed by atoms with Gasteiger partial charge in [-0.1, -0.05) is 6.07 Å². The number of benzene rings is 1. The van der Waals surface area contributed by atoms with E-state index in [1.807, 2.05) is 10.8 Å². The third kappa shape index (κ3) is 4.49.